The zero-order valence-corrected chi connectivity index (χ0v) is 8.46. The molecule has 0 fully saturated rings. The van der Waals surface area contributed by atoms with E-state index in [1.807, 2.05) is 27.1 Å². The summed E-state index contributed by atoms with van der Waals surface area (Å²) in [7, 11) is 1.81. The monoisotopic (exact) mass is 181 g/mol. The zero-order chi connectivity index (χ0) is 10.0. The summed E-state index contributed by atoms with van der Waals surface area (Å²) in [5.41, 5.74) is 0. The Labute approximate surface area is 78.0 Å². The lowest BCUT2D eigenvalue weighted by Crippen LogP contribution is -2.09. The number of nitrogens with one attached hydrogen (secondary N) is 1. The van der Waals surface area contributed by atoms with Gasteiger partial charge in [0.15, 0.2) is 11.6 Å². The quantitative estimate of drug-likeness (QED) is 0.718. The van der Waals surface area contributed by atoms with Gasteiger partial charge in [-0.25, -0.2) is 4.98 Å². The lowest BCUT2D eigenvalue weighted by atomic mass is 10.4. The molecule has 4 nitrogen and oxygen atoms in total. The average Bonchev–Trinajstić information content (AvgIpc) is 2.29. The first kappa shape index (κ1) is 9.77. The lowest BCUT2D eigenvalue weighted by molar-refractivity contribution is 0.100. The Morgan fingerprint density at radius 1 is 1.62 bits per heavy atom. The van der Waals surface area contributed by atoms with Crippen LogP contribution in [0.25, 0.3) is 0 Å². The molecule has 0 aliphatic heterocycles. The second-order valence-electron chi connectivity index (χ2n) is 3.42. The van der Waals surface area contributed by atoms with Crippen molar-refractivity contribution in [1.29, 1.82) is 0 Å². The van der Waals surface area contributed by atoms with Crippen molar-refractivity contribution in [2.24, 2.45) is 7.05 Å². The third-order valence-electron chi connectivity index (χ3n) is 1.63. The molecule has 0 saturated carbocycles. The summed E-state index contributed by atoms with van der Waals surface area (Å²) in [6, 6.07) is 0.328. The van der Waals surface area contributed by atoms with Crippen molar-refractivity contribution in [3.63, 3.8) is 0 Å². The van der Waals surface area contributed by atoms with E-state index in [9.17, 15) is 4.79 Å². The van der Waals surface area contributed by atoms with E-state index in [0.29, 0.717) is 11.9 Å². The summed E-state index contributed by atoms with van der Waals surface area (Å²) in [4.78, 5) is 15.2. The highest BCUT2D eigenvalue weighted by Crippen LogP contribution is 2.08. The van der Waals surface area contributed by atoms with E-state index < -0.39 is 0 Å². The Hall–Kier alpha value is -1.32. The SMILES string of the molecule is CC(=O)c1nc(NC(C)C)cn1C. The number of imidazole rings is 1. The van der Waals surface area contributed by atoms with Gasteiger partial charge in [0.25, 0.3) is 0 Å². The predicted molar refractivity (Wildman–Crippen MR) is 52.0 cm³/mol. The van der Waals surface area contributed by atoms with Gasteiger partial charge in [0.1, 0.15) is 5.82 Å². The maximum atomic E-state index is 11.1. The molecule has 0 amide bonds. The van der Waals surface area contributed by atoms with Crippen LogP contribution in [-0.4, -0.2) is 21.4 Å². The number of aryl methyl sites for hydroxylation is 1. The third kappa shape index (κ3) is 2.31. The number of carbonyl (C=O) groups excluding carboxylic acids is 1. The molecule has 1 heterocycles. The topological polar surface area (TPSA) is 46.9 Å². The summed E-state index contributed by atoms with van der Waals surface area (Å²) < 4.78 is 1.73. The van der Waals surface area contributed by atoms with Crippen molar-refractivity contribution < 1.29 is 4.79 Å². The van der Waals surface area contributed by atoms with Crippen LogP contribution >= 0.6 is 0 Å². The van der Waals surface area contributed by atoms with Crippen LogP contribution in [0.15, 0.2) is 6.20 Å². The summed E-state index contributed by atoms with van der Waals surface area (Å²) in [6.07, 6.45) is 1.82. The molecule has 1 N–H and O–H groups in total. The van der Waals surface area contributed by atoms with Crippen LogP contribution in [0.5, 0.6) is 0 Å². The van der Waals surface area contributed by atoms with E-state index in [4.69, 9.17) is 0 Å². The fraction of sp³-hybridized carbons (Fsp3) is 0.556. The predicted octanol–water partition coefficient (Wildman–Crippen LogP) is 1.44. The van der Waals surface area contributed by atoms with Crippen molar-refractivity contribution in [3.05, 3.63) is 12.0 Å². The van der Waals surface area contributed by atoms with Gasteiger partial charge < -0.3 is 9.88 Å². The molecule has 0 bridgehead atoms. The Balaban J connectivity index is 2.89. The highest BCUT2D eigenvalue weighted by Gasteiger charge is 2.09. The van der Waals surface area contributed by atoms with E-state index >= 15 is 0 Å². The molecule has 1 rings (SSSR count). The number of hydrogen-bond acceptors (Lipinski definition) is 3. The summed E-state index contributed by atoms with van der Waals surface area (Å²) >= 11 is 0. The van der Waals surface area contributed by atoms with Gasteiger partial charge in [-0.2, -0.15) is 0 Å². The molecule has 1 aromatic heterocycles. The standard InChI is InChI=1S/C9H15N3O/c1-6(2)10-8-5-12(4)9(11-8)7(3)13/h5-6,10H,1-4H3. The number of rotatable bonds is 3. The van der Waals surface area contributed by atoms with Crippen LogP contribution in [0.3, 0.4) is 0 Å². The van der Waals surface area contributed by atoms with E-state index in [0.717, 1.165) is 5.82 Å². The number of aromatic nitrogens is 2. The highest BCUT2D eigenvalue weighted by atomic mass is 16.1. The lowest BCUT2D eigenvalue weighted by Gasteiger charge is -2.04. The molecule has 0 atom stereocenters. The van der Waals surface area contributed by atoms with Crippen molar-refractivity contribution in [3.8, 4) is 0 Å². The fourth-order valence-corrected chi connectivity index (χ4v) is 1.16. The molecule has 0 spiro atoms. The molecule has 1 aromatic rings. The number of anilines is 1. The molecule has 0 saturated heterocycles. The first-order chi connectivity index (χ1) is 6.00. The van der Waals surface area contributed by atoms with E-state index in [1.54, 1.807) is 4.57 Å². The molecule has 13 heavy (non-hydrogen) atoms. The van der Waals surface area contributed by atoms with Crippen LogP contribution in [-0.2, 0) is 7.05 Å². The average molecular weight is 181 g/mol. The van der Waals surface area contributed by atoms with Crippen molar-refractivity contribution in [2.75, 3.05) is 5.32 Å². The van der Waals surface area contributed by atoms with Gasteiger partial charge in [-0.3, -0.25) is 4.79 Å². The minimum Gasteiger partial charge on any atom is -0.367 e. The van der Waals surface area contributed by atoms with Gasteiger partial charge in [0, 0.05) is 26.2 Å². The third-order valence-corrected chi connectivity index (χ3v) is 1.63. The molecular weight excluding hydrogens is 166 g/mol. The van der Waals surface area contributed by atoms with Crippen molar-refractivity contribution >= 4 is 11.6 Å². The fourth-order valence-electron chi connectivity index (χ4n) is 1.16. The number of nitrogens with zero attached hydrogens (tertiary/aromatic N) is 2. The number of Topliss-reactive ketones (excluding diaryl/α,β-unsaturated/α-hetero) is 1. The Morgan fingerprint density at radius 2 is 2.23 bits per heavy atom. The molecule has 4 heteroatoms. The Morgan fingerprint density at radius 3 is 2.62 bits per heavy atom. The van der Waals surface area contributed by atoms with Crippen LogP contribution < -0.4 is 5.32 Å². The van der Waals surface area contributed by atoms with E-state index in [1.165, 1.54) is 6.92 Å². The van der Waals surface area contributed by atoms with Crippen LogP contribution in [0.2, 0.25) is 0 Å². The minimum absolute atomic E-state index is 0.0145. The van der Waals surface area contributed by atoms with Gasteiger partial charge in [-0.05, 0) is 13.8 Å². The smallest absolute Gasteiger partial charge is 0.195 e. The van der Waals surface area contributed by atoms with Gasteiger partial charge in [0.2, 0.25) is 0 Å². The van der Waals surface area contributed by atoms with Gasteiger partial charge in [-0.15, -0.1) is 0 Å². The van der Waals surface area contributed by atoms with Crippen molar-refractivity contribution in [1.82, 2.24) is 9.55 Å². The molecular formula is C9H15N3O. The summed E-state index contributed by atoms with van der Waals surface area (Å²) in [5.74, 6) is 1.23. The normalized spacial score (nSPS) is 10.5. The molecule has 0 radical (unpaired) electrons. The Kier molecular flexibility index (Phi) is 2.70. The largest absolute Gasteiger partial charge is 0.367 e. The first-order valence-electron chi connectivity index (χ1n) is 4.31. The maximum absolute atomic E-state index is 11.1. The number of carbonyl (C=O) groups is 1. The van der Waals surface area contributed by atoms with Crippen molar-refractivity contribution in [2.45, 2.75) is 26.8 Å². The molecule has 0 aliphatic rings. The summed E-state index contributed by atoms with van der Waals surface area (Å²) in [6.45, 7) is 5.58. The van der Waals surface area contributed by atoms with Gasteiger partial charge in [0.05, 0.1) is 0 Å². The number of hydrogen-bond donors (Lipinski definition) is 1. The summed E-state index contributed by atoms with van der Waals surface area (Å²) in [5, 5.41) is 3.14. The minimum atomic E-state index is -0.0145. The first-order valence-corrected chi connectivity index (χ1v) is 4.31. The molecule has 72 valence electrons. The van der Waals surface area contributed by atoms with Gasteiger partial charge >= 0.3 is 0 Å². The second kappa shape index (κ2) is 3.60. The van der Waals surface area contributed by atoms with E-state index in [2.05, 4.69) is 10.3 Å². The molecule has 0 unspecified atom stereocenters. The van der Waals surface area contributed by atoms with Crippen LogP contribution in [0, 0.1) is 0 Å². The van der Waals surface area contributed by atoms with E-state index in [-0.39, 0.29) is 5.78 Å². The highest BCUT2D eigenvalue weighted by molar-refractivity contribution is 5.91. The Bertz CT molecular complexity index is 315. The molecule has 0 aliphatic carbocycles. The van der Waals surface area contributed by atoms with Crippen LogP contribution in [0.4, 0.5) is 5.82 Å². The number of ketones is 1. The second-order valence-corrected chi connectivity index (χ2v) is 3.42. The maximum Gasteiger partial charge on any atom is 0.195 e. The molecule has 0 aromatic carbocycles. The zero-order valence-electron chi connectivity index (χ0n) is 8.46. The van der Waals surface area contributed by atoms with Crippen LogP contribution in [0.1, 0.15) is 31.4 Å². The van der Waals surface area contributed by atoms with Gasteiger partial charge in [-0.1, -0.05) is 0 Å².